The smallest absolute Gasteiger partial charge is 0.00852 e. The first-order valence-corrected chi connectivity index (χ1v) is 19.5. The van der Waals surface area contributed by atoms with Crippen LogP contribution in [0.25, 0.3) is 24.3 Å². The summed E-state index contributed by atoms with van der Waals surface area (Å²) >= 11 is 0. The van der Waals surface area contributed by atoms with Crippen molar-refractivity contribution in [2.75, 3.05) is 0 Å². The monoisotopic (exact) mass is 705 g/mol. The maximum Gasteiger partial charge on any atom is -0.00852 e. The van der Waals surface area contributed by atoms with Gasteiger partial charge in [0.05, 0.1) is 0 Å². The Morgan fingerprint density at radius 1 is 0.377 bits per heavy atom. The van der Waals surface area contributed by atoms with E-state index in [0.29, 0.717) is 0 Å². The topological polar surface area (TPSA) is 0 Å². The summed E-state index contributed by atoms with van der Waals surface area (Å²) in [6.45, 7) is 27.2. The predicted molar refractivity (Wildman–Crippen MR) is 238 cm³/mol. The van der Waals surface area contributed by atoms with Gasteiger partial charge in [0.1, 0.15) is 0 Å². The van der Waals surface area contributed by atoms with Crippen LogP contribution in [0.15, 0.2) is 97.1 Å². The fourth-order valence-electron chi connectivity index (χ4n) is 7.38. The summed E-state index contributed by atoms with van der Waals surface area (Å²) in [6, 6.07) is 26.9. The van der Waals surface area contributed by atoms with Gasteiger partial charge in [0.25, 0.3) is 0 Å². The molecule has 53 heavy (non-hydrogen) atoms. The van der Waals surface area contributed by atoms with Gasteiger partial charge in [0.15, 0.2) is 0 Å². The molecular formula is C53H68. The largest absolute Gasteiger partial charge is 0.0795 e. The normalized spacial score (nSPS) is 14.4. The Balaban J connectivity index is 0.000000157. The van der Waals surface area contributed by atoms with Crippen molar-refractivity contribution in [3.05, 3.63) is 164 Å². The molecule has 0 heterocycles. The molecule has 0 bridgehead atoms. The summed E-state index contributed by atoms with van der Waals surface area (Å²) in [5, 5.41) is 0. The minimum absolute atomic E-state index is 0. The van der Waals surface area contributed by atoms with E-state index >= 15 is 0 Å². The van der Waals surface area contributed by atoms with Crippen molar-refractivity contribution in [1.82, 2.24) is 0 Å². The van der Waals surface area contributed by atoms with Crippen molar-refractivity contribution in [3.63, 3.8) is 0 Å². The molecule has 8 rings (SSSR count). The molecule has 0 aromatic heterocycles. The van der Waals surface area contributed by atoms with E-state index < -0.39 is 0 Å². The van der Waals surface area contributed by atoms with Crippen molar-refractivity contribution < 1.29 is 0 Å². The molecule has 280 valence electrons. The molecule has 0 saturated heterocycles. The van der Waals surface area contributed by atoms with Crippen LogP contribution < -0.4 is 0 Å². The Labute approximate surface area is 324 Å². The zero-order valence-electron chi connectivity index (χ0n) is 34.4. The van der Waals surface area contributed by atoms with Crippen LogP contribution in [0.4, 0.5) is 0 Å². The number of hydrogen-bond acceptors (Lipinski definition) is 0. The zero-order valence-corrected chi connectivity index (χ0v) is 34.4. The third-order valence-electron chi connectivity index (χ3n) is 10.6. The molecule has 0 spiro atoms. The van der Waals surface area contributed by atoms with E-state index in [0.717, 1.165) is 25.7 Å². The van der Waals surface area contributed by atoms with E-state index in [9.17, 15) is 0 Å². The fraction of sp³-hybridized carbons (Fsp3) is 0.396. The maximum atomic E-state index is 2.34. The SMILES string of the molecule is C.CC(C)(C)c1ccc2c(c1)C=CC2.CC(C)(C)c1ccc2c(c1)CC=C2.CC(C)(C)c1cccc2c1C=CC2.CC(C)(C)c1cccc2c1CC=C2. The van der Waals surface area contributed by atoms with E-state index in [4.69, 9.17) is 0 Å². The summed E-state index contributed by atoms with van der Waals surface area (Å²) < 4.78 is 0. The predicted octanol–water partition coefficient (Wildman–Crippen LogP) is 14.8. The van der Waals surface area contributed by atoms with E-state index in [2.05, 4.69) is 204 Å². The summed E-state index contributed by atoms with van der Waals surface area (Å²) in [7, 11) is 0. The quantitative estimate of drug-likeness (QED) is 0.171. The molecule has 0 heteroatoms. The van der Waals surface area contributed by atoms with Gasteiger partial charge in [-0.1, -0.05) is 212 Å². The van der Waals surface area contributed by atoms with Crippen molar-refractivity contribution in [1.29, 1.82) is 0 Å². The van der Waals surface area contributed by atoms with Gasteiger partial charge in [-0.05, 0) is 114 Å². The van der Waals surface area contributed by atoms with Gasteiger partial charge >= 0.3 is 0 Å². The molecule has 0 aliphatic heterocycles. The van der Waals surface area contributed by atoms with E-state index in [1.165, 1.54) is 66.8 Å². The van der Waals surface area contributed by atoms with Gasteiger partial charge in [-0.15, -0.1) is 0 Å². The fourth-order valence-corrected chi connectivity index (χ4v) is 7.38. The van der Waals surface area contributed by atoms with Gasteiger partial charge < -0.3 is 0 Å². The van der Waals surface area contributed by atoms with Crippen molar-refractivity contribution in [3.8, 4) is 0 Å². The first-order valence-electron chi connectivity index (χ1n) is 19.5. The first kappa shape index (κ1) is 41.6. The van der Waals surface area contributed by atoms with E-state index in [1.807, 2.05) is 0 Å². The second-order valence-electron chi connectivity index (χ2n) is 19.0. The van der Waals surface area contributed by atoms with Crippen LogP contribution in [0.3, 0.4) is 0 Å². The van der Waals surface area contributed by atoms with Crippen LogP contribution >= 0.6 is 0 Å². The minimum Gasteiger partial charge on any atom is -0.0795 e. The van der Waals surface area contributed by atoms with Crippen molar-refractivity contribution in [2.45, 2.75) is 138 Å². The van der Waals surface area contributed by atoms with Crippen LogP contribution in [-0.2, 0) is 47.3 Å². The first-order chi connectivity index (χ1) is 24.3. The van der Waals surface area contributed by atoms with Gasteiger partial charge in [-0.2, -0.15) is 0 Å². The third-order valence-corrected chi connectivity index (χ3v) is 10.6. The Morgan fingerprint density at radius 2 is 0.887 bits per heavy atom. The summed E-state index contributed by atoms with van der Waals surface area (Å²) in [5.41, 5.74) is 18.5. The van der Waals surface area contributed by atoms with Crippen LogP contribution in [0.2, 0.25) is 0 Å². The molecule has 0 atom stereocenters. The number of rotatable bonds is 0. The lowest BCUT2D eigenvalue weighted by atomic mass is 9.82. The van der Waals surface area contributed by atoms with Crippen LogP contribution in [0.5, 0.6) is 0 Å². The standard InChI is InChI=1S/4C13H16.CH4/c2*1-13(2,3)12-9-5-7-10-6-4-8-11(10)12;2*1-13(2,3)12-8-7-10-5-4-6-11(10)9-12;/h4-5,7-9H,6H2,1-3H3;4-7,9H,8H2,1-3H3;4,6-9H,5H2,1-3H3;4-5,7-9H,6H2,1-3H3;1H4. The molecule has 0 amide bonds. The molecule has 0 N–H and O–H groups in total. The van der Waals surface area contributed by atoms with E-state index in [1.54, 1.807) is 0 Å². The zero-order chi connectivity index (χ0) is 37.9. The Kier molecular flexibility index (Phi) is 12.9. The van der Waals surface area contributed by atoms with Gasteiger partial charge in [0, 0.05) is 0 Å². The van der Waals surface area contributed by atoms with Crippen LogP contribution in [0, 0.1) is 0 Å². The Hall–Kier alpha value is -4.16. The number of fused-ring (bicyclic) bond motifs is 4. The average molecular weight is 705 g/mol. The molecule has 0 radical (unpaired) electrons. The number of hydrogen-bond donors (Lipinski definition) is 0. The Bertz CT molecular complexity index is 1990. The average Bonchev–Trinajstić information content (AvgIpc) is 3.89. The van der Waals surface area contributed by atoms with E-state index in [-0.39, 0.29) is 29.1 Å². The molecular weight excluding hydrogens is 637 g/mol. The lowest BCUT2D eigenvalue weighted by molar-refractivity contribution is 0.584. The highest BCUT2D eigenvalue weighted by Crippen LogP contribution is 2.33. The van der Waals surface area contributed by atoms with Gasteiger partial charge in [-0.3, -0.25) is 0 Å². The van der Waals surface area contributed by atoms with Gasteiger partial charge in [-0.25, -0.2) is 0 Å². The highest BCUT2D eigenvalue weighted by molar-refractivity contribution is 5.65. The number of benzene rings is 4. The molecule has 0 nitrogen and oxygen atoms in total. The van der Waals surface area contributed by atoms with Crippen molar-refractivity contribution >= 4 is 24.3 Å². The highest BCUT2D eigenvalue weighted by Gasteiger charge is 2.21. The molecule has 4 aromatic rings. The van der Waals surface area contributed by atoms with Crippen molar-refractivity contribution in [2.24, 2.45) is 0 Å². The second kappa shape index (κ2) is 16.5. The lowest BCUT2D eigenvalue weighted by Crippen LogP contribution is -2.13. The van der Waals surface area contributed by atoms with Crippen LogP contribution in [0.1, 0.15) is 157 Å². The summed E-state index contributed by atoms with van der Waals surface area (Å²) in [4.78, 5) is 0. The maximum absolute atomic E-state index is 2.34. The lowest BCUT2D eigenvalue weighted by Gasteiger charge is -2.22. The highest BCUT2D eigenvalue weighted by atomic mass is 14.3. The molecule has 0 fully saturated rings. The number of allylic oxidation sites excluding steroid dienone is 4. The summed E-state index contributed by atoms with van der Waals surface area (Å²) in [6.07, 6.45) is 22.3. The van der Waals surface area contributed by atoms with Crippen LogP contribution in [-0.4, -0.2) is 0 Å². The molecule has 4 aliphatic rings. The van der Waals surface area contributed by atoms with Gasteiger partial charge in [0.2, 0.25) is 0 Å². The second-order valence-corrected chi connectivity index (χ2v) is 19.0. The molecule has 0 unspecified atom stereocenters. The minimum atomic E-state index is 0. The molecule has 4 aromatic carbocycles. The Morgan fingerprint density at radius 3 is 1.55 bits per heavy atom. The molecule has 0 saturated carbocycles. The third kappa shape index (κ3) is 10.5. The molecule has 4 aliphatic carbocycles. The summed E-state index contributed by atoms with van der Waals surface area (Å²) in [5.74, 6) is 0.